The van der Waals surface area contributed by atoms with Crippen LogP contribution in [0.15, 0.2) is 77.3 Å². The molecule has 1 aliphatic heterocycles. The van der Waals surface area contributed by atoms with E-state index >= 15 is 0 Å². The zero-order valence-electron chi connectivity index (χ0n) is 17.8. The topological polar surface area (TPSA) is 25.2 Å². The predicted molar refractivity (Wildman–Crippen MR) is 130 cm³/mol. The molecule has 3 nitrogen and oxygen atoms in total. The summed E-state index contributed by atoms with van der Waals surface area (Å²) in [5.74, 6) is 0.142. The smallest absolute Gasteiger partial charge is 0.255 e. The third-order valence-corrected chi connectivity index (χ3v) is 6.88. The molecule has 0 bridgehead atoms. The second-order valence-corrected chi connectivity index (χ2v) is 9.10. The fraction of sp³-hybridized carbons (Fsp3) is 0.222. The van der Waals surface area contributed by atoms with Crippen LogP contribution >= 0.6 is 15.9 Å². The molecule has 1 atom stereocenters. The van der Waals surface area contributed by atoms with Crippen LogP contribution in [0.2, 0.25) is 0 Å². The Bertz CT molecular complexity index is 1270. The molecule has 0 spiro atoms. The Morgan fingerprint density at radius 2 is 1.65 bits per heavy atom. The van der Waals surface area contributed by atoms with Gasteiger partial charge in [-0.2, -0.15) is 0 Å². The summed E-state index contributed by atoms with van der Waals surface area (Å²) in [6, 6.07) is 25.0. The summed E-state index contributed by atoms with van der Waals surface area (Å²) >= 11 is 3.56. The Kier molecular flexibility index (Phi) is 5.19. The van der Waals surface area contributed by atoms with Crippen molar-refractivity contribution >= 4 is 32.7 Å². The van der Waals surface area contributed by atoms with Crippen molar-refractivity contribution < 1.29 is 4.79 Å². The number of hydrogen-bond donors (Lipinski definition) is 0. The lowest BCUT2D eigenvalue weighted by molar-refractivity contribution is 0.0748. The van der Waals surface area contributed by atoms with Gasteiger partial charge in [0, 0.05) is 40.1 Å². The van der Waals surface area contributed by atoms with Gasteiger partial charge < -0.3 is 9.47 Å². The molecule has 1 aliphatic rings. The Balaban J connectivity index is 1.82. The van der Waals surface area contributed by atoms with E-state index in [1.165, 1.54) is 22.2 Å². The first kappa shape index (κ1) is 20.1. The van der Waals surface area contributed by atoms with Gasteiger partial charge in [0.1, 0.15) is 0 Å². The van der Waals surface area contributed by atoms with Crippen molar-refractivity contribution in [2.24, 2.45) is 7.05 Å². The Morgan fingerprint density at radius 1 is 0.935 bits per heavy atom. The summed E-state index contributed by atoms with van der Waals surface area (Å²) in [7, 11) is 2.13. The second-order valence-electron chi connectivity index (χ2n) is 8.19. The third kappa shape index (κ3) is 3.21. The van der Waals surface area contributed by atoms with Crippen molar-refractivity contribution in [1.82, 2.24) is 9.47 Å². The number of nitrogens with zero attached hydrogens (tertiary/aromatic N) is 2. The largest absolute Gasteiger partial charge is 0.343 e. The molecular weight excluding hydrogens is 448 g/mol. The minimum Gasteiger partial charge on any atom is -0.343 e. The van der Waals surface area contributed by atoms with Crippen molar-refractivity contribution in [1.29, 1.82) is 0 Å². The fourth-order valence-electron chi connectivity index (χ4n) is 4.90. The molecular formula is C27H25BrN2O. The van der Waals surface area contributed by atoms with Crippen LogP contribution in [-0.2, 0) is 7.05 Å². The van der Waals surface area contributed by atoms with Crippen LogP contribution in [0.25, 0.3) is 22.2 Å². The number of para-hydroxylation sites is 1. The summed E-state index contributed by atoms with van der Waals surface area (Å²) in [6.45, 7) is 2.94. The summed E-state index contributed by atoms with van der Waals surface area (Å²) < 4.78 is 3.33. The predicted octanol–water partition coefficient (Wildman–Crippen LogP) is 6.95. The molecule has 0 unspecified atom stereocenters. The van der Waals surface area contributed by atoms with Crippen molar-refractivity contribution in [3.8, 4) is 11.3 Å². The van der Waals surface area contributed by atoms with Crippen molar-refractivity contribution in [2.75, 3.05) is 6.54 Å². The summed E-state index contributed by atoms with van der Waals surface area (Å²) in [6.07, 6.45) is 2.05. The molecule has 156 valence electrons. The van der Waals surface area contributed by atoms with Gasteiger partial charge in [0.15, 0.2) is 0 Å². The minimum atomic E-state index is -0.0833. The van der Waals surface area contributed by atoms with Gasteiger partial charge >= 0.3 is 0 Å². The third-order valence-electron chi connectivity index (χ3n) is 6.35. The lowest BCUT2D eigenvalue weighted by Gasteiger charge is -2.27. The molecule has 0 N–H and O–H groups in total. The van der Waals surface area contributed by atoms with Crippen LogP contribution in [0, 0.1) is 0 Å². The lowest BCUT2D eigenvalue weighted by Crippen LogP contribution is -2.30. The molecule has 1 aromatic heterocycles. The maximum Gasteiger partial charge on any atom is 0.255 e. The average molecular weight is 473 g/mol. The highest BCUT2D eigenvalue weighted by Crippen LogP contribution is 2.46. The number of fused-ring (bicyclic) bond motifs is 2. The molecule has 0 saturated carbocycles. The van der Waals surface area contributed by atoms with E-state index in [2.05, 4.69) is 94.0 Å². The molecule has 3 aromatic carbocycles. The first-order valence-electron chi connectivity index (χ1n) is 10.8. The van der Waals surface area contributed by atoms with Gasteiger partial charge in [0.2, 0.25) is 0 Å². The first-order chi connectivity index (χ1) is 15.1. The summed E-state index contributed by atoms with van der Waals surface area (Å²) in [4.78, 5) is 15.5. The molecule has 31 heavy (non-hydrogen) atoms. The van der Waals surface area contributed by atoms with Crippen molar-refractivity contribution in [3.63, 3.8) is 0 Å². The summed E-state index contributed by atoms with van der Waals surface area (Å²) in [5, 5.41) is 1.21. The number of unbranched alkanes of at least 4 members (excludes halogenated alkanes) is 1. The summed E-state index contributed by atoms with van der Waals surface area (Å²) in [5.41, 5.74) is 6.67. The number of carbonyl (C=O) groups excluding carboxylic acids is 1. The van der Waals surface area contributed by atoms with Crippen LogP contribution in [0.1, 0.15) is 47.3 Å². The number of aromatic nitrogens is 1. The van der Waals surface area contributed by atoms with E-state index in [0.717, 1.165) is 40.5 Å². The molecule has 0 aliphatic carbocycles. The van der Waals surface area contributed by atoms with Gasteiger partial charge in [0.25, 0.3) is 5.91 Å². The van der Waals surface area contributed by atoms with Crippen LogP contribution in [0.4, 0.5) is 0 Å². The highest BCUT2D eigenvalue weighted by molar-refractivity contribution is 9.10. The van der Waals surface area contributed by atoms with Gasteiger partial charge in [-0.25, -0.2) is 0 Å². The van der Waals surface area contributed by atoms with Crippen LogP contribution in [0.3, 0.4) is 0 Å². The quantitative estimate of drug-likeness (QED) is 0.308. The number of hydrogen-bond acceptors (Lipinski definition) is 1. The van der Waals surface area contributed by atoms with E-state index in [9.17, 15) is 4.79 Å². The zero-order chi connectivity index (χ0) is 21.5. The molecule has 4 aromatic rings. The Labute approximate surface area is 191 Å². The van der Waals surface area contributed by atoms with E-state index in [1.807, 2.05) is 18.2 Å². The lowest BCUT2D eigenvalue weighted by atomic mass is 9.93. The van der Waals surface area contributed by atoms with Crippen LogP contribution < -0.4 is 0 Å². The molecule has 0 radical (unpaired) electrons. The highest BCUT2D eigenvalue weighted by Gasteiger charge is 2.40. The number of amides is 1. The molecule has 4 heteroatoms. The minimum absolute atomic E-state index is 0.0833. The van der Waals surface area contributed by atoms with Crippen molar-refractivity contribution in [3.05, 3.63) is 94.0 Å². The number of rotatable bonds is 5. The molecule has 2 heterocycles. The number of halogens is 1. The van der Waals surface area contributed by atoms with E-state index in [0.29, 0.717) is 0 Å². The van der Waals surface area contributed by atoms with Crippen molar-refractivity contribution in [2.45, 2.75) is 25.8 Å². The molecule has 1 amide bonds. The van der Waals surface area contributed by atoms with Crippen LogP contribution in [-0.4, -0.2) is 21.9 Å². The maximum absolute atomic E-state index is 13.4. The fourth-order valence-corrected chi connectivity index (χ4v) is 5.16. The SMILES string of the molecule is CCCCN1C(=O)c2ccccc2[C@H]1c1c(-c2ccc(Br)cc2)n(C)c2ccccc12. The van der Waals surface area contributed by atoms with Crippen LogP contribution in [0.5, 0.6) is 0 Å². The Hall–Kier alpha value is -2.85. The normalized spacial score (nSPS) is 15.6. The van der Waals surface area contributed by atoms with Gasteiger partial charge in [-0.15, -0.1) is 0 Å². The van der Waals surface area contributed by atoms with Gasteiger partial charge in [-0.1, -0.05) is 77.8 Å². The van der Waals surface area contributed by atoms with E-state index < -0.39 is 0 Å². The number of carbonyl (C=O) groups is 1. The van der Waals surface area contributed by atoms with E-state index in [1.54, 1.807) is 0 Å². The standard InChI is InChI=1S/C27H25BrN2O/c1-3-4-17-30-26(20-9-5-6-10-21(20)27(30)31)24-22-11-7-8-12-23(22)29(2)25(24)18-13-15-19(28)16-14-18/h5-16,26H,3-4,17H2,1-2H3/t26-/m0/s1. The van der Waals surface area contributed by atoms with Gasteiger partial charge in [0.05, 0.1) is 11.7 Å². The average Bonchev–Trinajstić information content (AvgIpc) is 3.24. The molecule has 0 saturated heterocycles. The van der Waals surface area contributed by atoms with E-state index in [-0.39, 0.29) is 11.9 Å². The number of benzene rings is 3. The second kappa shape index (κ2) is 8.01. The first-order valence-corrected chi connectivity index (χ1v) is 11.6. The van der Waals surface area contributed by atoms with Gasteiger partial charge in [-0.3, -0.25) is 4.79 Å². The Morgan fingerprint density at radius 3 is 2.42 bits per heavy atom. The van der Waals surface area contributed by atoms with E-state index in [4.69, 9.17) is 0 Å². The maximum atomic E-state index is 13.4. The number of aryl methyl sites for hydroxylation is 1. The highest BCUT2D eigenvalue weighted by atomic mass is 79.9. The zero-order valence-corrected chi connectivity index (χ0v) is 19.4. The monoisotopic (exact) mass is 472 g/mol. The van der Waals surface area contributed by atoms with Gasteiger partial charge in [-0.05, 0) is 41.8 Å². The molecule has 0 fully saturated rings. The molecule has 5 rings (SSSR count).